The first kappa shape index (κ1) is 29.4. The quantitative estimate of drug-likeness (QED) is 0.339. The third kappa shape index (κ3) is 13.4. The predicted octanol–water partition coefficient (Wildman–Crippen LogP) is 5.35. The zero-order chi connectivity index (χ0) is 23.2. The summed E-state index contributed by atoms with van der Waals surface area (Å²) in [4.78, 5) is 8.29. The molecular weight excluding hydrogens is 376 g/mol. The summed E-state index contributed by atoms with van der Waals surface area (Å²) < 4.78 is 5.30. The molecule has 2 aromatic rings. The van der Waals surface area contributed by atoms with E-state index >= 15 is 0 Å². The first-order chi connectivity index (χ1) is 14.7. The lowest BCUT2D eigenvalue weighted by Crippen LogP contribution is -2.18. The van der Waals surface area contributed by atoms with Crippen LogP contribution in [0.5, 0.6) is 5.75 Å². The van der Waals surface area contributed by atoms with Crippen molar-refractivity contribution >= 4 is 17.5 Å². The van der Waals surface area contributed by atoms with Crippen molar-refractivity contribution in [3.63, 3.8) is 0 Å². The number of amidine groups is 1. The Hall–Kier alpha value is -2.83. The van der Waals surface area contributed by atoms with Crippen molar-refractivity contribution < 1.29 is 4.74 Å². The Bertz CT molecular complexity index is 558. The van der Waals surface area contributed by atoms with Gasteiger partial charge in [-0.2, -0.15) is 0 Å². The molecule has 7 nitrogen and oxygen atoms in total. The number of anilines is 2. The van der Waals surface area contributed by atoms with Crippen LogP contribution in [0.4, 0.5) is 11.6 Å². The Balaban J connectivity index is 0. The molecule has 0 fully saturated rings. The molecule has 4 heterocycles. The molecule has 170 valence electrons. The van der Waals surface area contributed by atoms with Gasteiger partial charge in [-0.05, 0) is 43.5 Å². The Kier molecular flexibility index (Phi) is 20.5. The molecule has 0 bridgehead atoms. The maximum atomic E-state index is 6.28. The zero-order valence-electron chi connectivity index (χ0n) is 19.9. The van der Waals surface area contributed by atoms with Crippen LogP contribution in [0.1, 0.15) is 60.5 Å². The molecule has 0 unspecified atom stereocenters. The molecule has 0 saturated carbocycles. The van der Waals surface area contributed by atoms with E-state index in [4.69, 9.17) is 15.9 Å². The fraction of sp³-hybridized carbons (Fsp3) is 0.522. The van der Waals surface area contributed by atoms with E-state index in [1.165, 1.54) is 25.3 Å². The standard InChI is InChI=1S/C8H10N2.C7H8N2O.C2H6N2.3C2H6/c1-3-7-4-2-6-10-8(7)9-5-1;1-2-6-7(8-3-1)9-4-5-10-6;1-2(3)4;3*1-2/h1,3,5H,2,4,6H2,(H,9,10);1-3H,4-5H2,(H,8,9);1H3,(H3,3,4);3*1-2H3. The van der Waals surface area contributed by atoms with Crippen molar-refractivity contribution in [2.45, 2.75) is 61.3 Å². The lowest BCUT2D eigenvalue weighted by molar-refractivity contribution is 0.321. The van der Waals surface area contributed by atoms with Gasteiger partial charge in [-0.25, -0.2) is 9.97 Å². The molecule has 2 aliphatic rings. The molecule has 0 radical (unpaired) electrons. The van der Waals surface area contributed by atoms with Crippen LogP contribution in [0.15, 0.2) is 36.7 Å². The van der Waals surface area contributed by atoms with E-state index in [1.807, 2.05) is 65.9 Å². The lowest BCUT2D eigenvalue weighted by atomic mass is 10.1. The monoisotopic (exact) mass is 418 g/mol. The van der Waals surface area contributed by atoms with Gasteiger partial charge in [-0.15, -0.1) is 0 Å². The molecule has 0 amide bonds. The number of nitrogens with one attached hydrogen (secondary N) is 3. The minimum absolute atomic E-state index is 0.167. The van der Waals surface area contributed by atoms with Gasteiger partial charge in [0.15, 0.2) is 11.6 Å². The third-order valence-corrected chi connectivity index (χ3v) is 3.23. The number of ether oxygens (including phenoxy) is 1. The highest BCUT2D eigenvalue weighted by Crippen LogP contribution is 2.22. The average molecular weight is 419 g/mol. The van der Waals surface area contributed by atoms with Gasteiger partial charge in [0.1, 0.15) is 12.4 Å². The van der Waals surface area contributed by atoms with Crippen LogP contribution in [0.25, 0.3) is 0 Å². The zero-order valence-corrected chi connectivity index (χ0v) is 19.9. The highest BCUT2D eigenvalue weighted by molar-refractivity contribution is 5.73. The van der Waals surface area contributed by atoms with Gasteiger partial charge in [-0.1, -0.05) is 47.6 Å². The molecule has 0 atom stereocenters. The van der Waals surface area contributed by atoms with Gasteiger partial charge < -0.3 is 21.1 Å². The van der Waals surface area contributed by atoms with Crippen LogP contribution >= 0.6 is 0 Å². The van der Waals surface area contributed by atoms with Crippen molar-refractivity contribution in [1.82, 2.24) is 9.97 Å². The number of aryl methyl sites for hydroxylation is 1. The van der Waals surface area contributed by atoms with E-state index in [0.29, 0.717) is 0 Å². The van der Waals surface area contributed by atoms with Crippen LogP contribution in [0.2, 0.25) is 0 Å². The summed E-state index contributed by atoms with van der Waals surface area (Å²) in [5.74, 6) is 2.95. The van der Waals surface area contributed by atoms with E-state index in [1.54, 1.807) is 6.20 Å². The van der Waals surface area contributed by atoms with Gasteiger partial charge in [0.2, 0.25) is 0 Å². The summed E-state index contributed by atoms with van der Waals surface area (Å²) in [6, 6.07) is 7.90. The number of nitrogens with two attached hydrogens (primary N) is 1. The topological polar surface area (TPSA) is 109 Å². The largest absolute Gasteiger partial charge is 0.488 e. The molecule has 30 heavy (non-hydrogen) atoms. The number of aromatic nitrogens is 2. The fourth-order valence-electron chi connectivity index (χ4n) is 2.26. The Labute approximate surface area is 183 Å². The summed E-state index contributed by atoms with van der Waals surface area (Å²) in [5, 5.41) is 12.7. The lowest BCUT2D eigenvalue weighted by Gasteiger charge is -2.16. The van der Waals surface area contributed by atoms with Crippen LogP contribution in [0, 0.1) is 5.41 Å². The van der Waals surface area contributed by atoms with Crippen LogP contribution in [-0.4, -0.2) is 35.5 Å². The second-order valence-electron chi connectivity index (χ2n) is 5.35. The smallest absolute Gasteiger partial charge is 0.168 e. The van der Waals surface area contributed by atoms with Crippen LogP contribution in [-0.2, 0) is 6.42 Å². The predicted molar refractivity (Wildman–Crippen MR) is 131 cm³/mol. The number of hydrogen-bond donors (Lipinski definition) is 4. The van der Waals surface area contributed by atoms with Crippen molar-refractivity contribution in [3.05, 3.63) is 42.2 Å². The second-order valence-corrected chi connectivity index (χ2v) is 5.35. The second kappa shape index (κ2) is 20.9. The molecule has 7 heteroatoms. The van der Waals surface area contributed by atoms with Gasteiger partial charge in [0, 0.05) is 18.9 Å². The molecular formula is C23H42N6O. The molecule has 0 aliphatic carbocycles. The summed E-state index contributed by atoms with van der Waals surface area (Å²) in [5.41, 5.74) is 6.05. The van der Waals surface area contributed by atoms with Crippen molar-refractivity contribution in [3.8, 4) is 5.75 Å². The van der Waals surface area contributed by atoms with Gasteiger partial charge >= 0.3 is 0 Å². The summed E-state index contributed by atoms with van der Waals surface area (Å²) in [6.45, 7) is 16.2. The van der Waals surface area contributed by atoms with E-state index in [9.17, 15) is 0 Å². The number of fused-ring (bicyclic) bond motifs is 2. The molecule has 2 aliphatic heterocycles. The Morgan fingerprint density at radius 2 is 1.47 bits per heavy atom. The first-order valence-electron chi connectivity index (χ1n) is 11.0. The van der Waals surface area contributed by atoms with E-state index in [2.05, 4.69) is 26.7 Å². The molecule has 2 aromatic heterocycles. The number of pyridine rings is 2. The number of nitrogens with zero attached hydrogens (tertiary/aromatic N) is 2. The molecule has 0 aromatic carbocycles. The third-order valence-electron chi connectivity index (χ3n) is 3.23. The average Bonchev–Trinajstić information content (AvgIpc) is 2.83. The number of rotatable bonds is 0. The number of hydrogen-bond acceptors (Lipinski definition) is 6. The highest BCUT2D eigenvalue weighted by atomic mass is 16.5. The molecule has 5 N–H and O–H groups in total. The summed E-state index contributed by atoms with van der Waals surface area (Å²) in [6.07, 6.45) is 5.99. The minimum atomic E-state index is 0.167. The first-order valence-corrected chi connectivity index (χ1v) is 11.0. The van der Waals surface area contributed by atoms with Gasteiger partial charge in [0.25, 0.3) is 0 Å². The highest BCUT2D eigenvalue weighted by Gasteiger charge is 2.07. The Morgan fingerprint density at radius 3 is 2.03 bits per heavy atom. The SMILES string of the molecule is CC.CC.CC.CC(=N)N.c1cnc2c(c1)CCCN2.c1cnc2c(c1)OCCN2. The fourth-order valence-corrected chi connectivity index (χ4v) is 2.26. The maximum absolute atomic E-state index is 6.28. The van der Waals surface area contributed by atoms with Crippen LogP contribution in [0.3, 0.4) is 0 Å². The molecule has 4 rings (SSSR count). The van der Waals surface area contributed by atoms with Gasteiger partial charge in [-0.3, -0.25) is 5.41 Å². The molecule has 0 saturated heterocycles. The van der Waals surface area contributed by atoms with E-state index < -0.39 is 0 Å². The minimum Gasteiger partial charge on any atom is -0.488 e. The van der Waals surface area contributed by atoms with E-state index in [0.717, 1.165) is 37.1 Å². The summed E-state index contributed by atoms with van der Waals surface area (Å²) in [7, 11) is 0. The van der Waals surface area contributed by atoms with Crippen molar-refractivity contribution in [2.75, 3.05) is 30.3 Å². The van der Waals surface area contributed by atoms with Gasteiger partial charge in [0.05, 0.1) is 12.4 Å². The molecule has 0 spiro atoms. The normalized spacial score (nSPS) is 11.6. The van der Waals surface area contributed by atoms with Crippen molar-refractivity contribution in [1.29, 1.82) is 5.41 Å². The Morgan fingerprint density at radius 1 is 0.933 bits per heavy atom. The van der Waals surface area contributed by atoms with E-state index in [-0.39, 0.29) is 5.84 Å². The van der Waals surface area contributed by atoms with Crippen LogP contribution < -0.4 is 21.1 Å². The van der Waals surface area contributed by atoms with Crippen molar-refractivity contribution in [2.24, 2.45) is 5.73 Å². The maximum Gasteiger partial charge on any atom is 0.168 e. The summed E-state index contributed by atoms with van der Waals surface area (Å²) >= 11 is 0.